The van der Waals surface area contributed by atoms with Gasteiger partial charge in [0.05, 0.1) is 0 Å². The van der Waals surface area contributed by atoms with Gasteiger partial charge in [-0.25, -0.2) is 0 Å². The molecule has 0 fully saturated rings. The molecule has 0 aliphatic carbocycles. The third kappa shape index (κ3) is 4.01. The number of rotatable bonds is 7. The van der Waals surface area contributed by atoms with Crippen molar-refractivity contribution < 1.29 is 4.79 Å². The van der Waals surface area contributed by atoms with Crippen molar-refractivity contribution in [3.05, 3.63) is 0 Å². The van der Waals surface area contributed by atoms with Crippen LogP contribution in [0, 0.1) is 0 Å². The van der Waals surface area contributed by atoms with Gasteiger partial charge in [0.2, 0.25) is 5.91 Å². The number of nitrogens with two attached hydrogens (primary N) is 3. The first-order valence-electron chi connectivity index (χ1n) is 4.77. The van der Waals surface area contributed by atoms with E-state index < -0.39 is 0 Å². The maximum Gasteiger partial charge on any atom is 0.238 e. The summed E-state index contributed by atoms with van der Waals surface area (Å²) in [6, 6.07) is -0.327. The molecule has 0 aromatic carbocycles. The van der Waals surface area contributed by atoms with Crippen molar-refractivity contribution in [2.45, 2.75) is 6.04 Å². The second kappa shape index (κ2) is 7.69. The van der Waals surface area contributed by atoms with Crippen LogP contribution in [0.1, 0.15) is 0 Å². The van der Waals surface area contributed by atoms with Gasteiger partial charge in [-0.15, -0.1) is 0 Å². The number of hydrogen-bond acceptors (Lipinski definition) is 5. The third-order valence-corrected chi connectivity index (χ3v) is 2.05. The number of carbonyl (C=O) groups excluding carboxylic acids is 1. The largest absolute Gasteiger partial charge is 0.358 e. The average Bonchev–Trinajstić information content (AvgIpc) is 2.19. The molecule has 1 amide bonds. The molecule has 7 N–H and O–H groups in total. The van der Waals surface area contributed by atoms with Gasteiger partial charge in [-0.3, -0.25) is 9.69 Å². The van der Waals surface area contributed by atoms with E-state index in [2.05, 4.69) is 5.32 Å². The summed E-state index contributed by atoms with van der Waals surface area (Å²) in [6.07, 6.45) is 0. The minimum absolute atomic E-state index is 0.0885. The van der Waals surface area contributed by atoms with E-state index in [0.717, 1.165) is 0 Å². The van der Waals surface area contributed by atoms with Gasteiger partial charge in [0.25, 0.3) is 0 Å². The number of carbonyl (C=O) groups is 1. The van der Waals surface area contributed by atoms with Crippen LogP contribution in [-0.4, -0.2) is 56.6 Å². The van der Waals surface area contributed by atoms with Crippen LogP contribution in [0.15, 0.2) is 0 Å². The van der Waals surface area contributed by atoms with Crippen molar-refractivity contribution in [3.8, 4) is 0 Å². The highest BCUT2D eigenvalue weighted by atomic mass is 16.2. The van der Waals surface area contributed by atoms with Gasteiger partial charge in [-0.1, -0.05) is 0 Å². The lowest BCUT2D eigenvalue weighted by Gasteiger charge is -2.28. The molecule has 84 valence electrons. The first kappa shape index (κ1) is 13.3. The lowest BCUT2D eigenvalue weighted by atomic mass is 10.2. The van der Waals surface area contributed by atoms with Crippen LogP contribution in [0.4, 0.5) is 0 Å². The Labute approximate surface area is 84.8 Å². The second-order valence-electron chi connectivity index (χ2n) is 2.98. The highest BCUT2D eigenvalue weighted by molar-refractivity contribution is 5.81. The van der Waals surface area contributed by atoms with Crippen molar-refractivity contribution in [3.63, 3.8) is 0 Å². The number of likely N-dealkylation sites (N-methyl/N-ethyl adjacent to an activating group) is 1. The van der Waals surface area contributed by atoms with Gasteiger partial charge in [0, 0.05) is 39.8 Å². The summed E-state index contributed by atoms with van der Waals surface area (Å²) >= 11 is 0. The fourth-order valence-corrected chi connectivity index (χ4v) is 1.34. The summed E-state index contributed by atoms with van der Waals surface area (Å²) in [4.78, 5) is 13.3. The predicted octanol–water partition coefficient (Wildman–Crippen LogP) is -2.72. The molecule has 1 atom stereocenters. The molecule has 0 heterocycles. The Kier molecular flexibility index (Phi) is 7.31. The van der Waals surface area contributed by atoms with Gasteiger partial charge in [0.15, 0.2) is 0 Å². The maximum atomic E-state index is 11.4. The Morgan fingerprint density at radius 2 is 1.79 bits per heavy atom. The van der Waals surface area contributed by atoms with Crippen LogP contribution in [0.5, 0.6) is 0 Å². The van der Waals surface area contributed by atoms with E-state index in [4.69, 9.17) is 17.2 Å². The zero-order valence-electron chi connectivity index (χ0n) is 8.70. The van der Waals surface area contributed by atoms with Gasteiger partial charge >= 0.3 is 0 Å². The van der Waals surface area contributed by atoms with E-state index in [1.807, 2.05) is 4.90 Å². The van der Waals surface area contributed by atoms with Crippen LogP contribution >= 0.6 is 0 Å². The van der Waals surface area contributed by atoms with Crippen LogP contribution < -0.4 is 22.5 Å². The molecule has 0 aliphatic heterocycles. The predicted molar refractivity (Wildman–Crippen MR) is 56.6 cm³/mol. The van der Waals surface area contributed by atoms with Gasteiger partial charge in [0.1, 0.15) is 6.04 Å². The van der Waals surface area contributed by atoms with Crippen LogP contribution in [0.3, 0.4) is 0 Å². The molecule has 0 saturated heterocycles. The zero-order valence-corrected chi connectivity index (χ0v) is 8.70. The van der Waals surface area contributed by atoms with Crippen LogP contribution in [-0.2, 0) is 4.79 Å². The molecule has 0 aliphatic rings. The molecule has 0 radical (unpaired) electrons. The second-order valence-corrected chi connectivity index (χ2v) is 2.98. The standard InChI is InChI=1S/C8H21N5O/c1-12-8(14)7(6-11)13(4-2-9)5-3-10/h7H,2-6,9-11H2,1H3,(H,12,14). The summed E-state index contributed by atoms with van der Waals surface area (Å²) in [5.74, 6) is -0.0885. The fraction of sp³-hybridized carbons (Fsp3) is 0.875. The van der Waals surface area contributed by atoms with Crippen molar-refractivity contribution in [2.24, 2.45) is 17.2 Å². The molecular formula is C8H21N5O. The van der Waals surface area contributed by atoms with E-state index in [1.54, 1.807) is 7.05 Å². The Morgan fingerprint density at radius 3 is 2.07 bits per heavy atom. The average molecular weight is 203 g/mol. The molecule has 0 aromatic rings. The minimum atomic E-state index is -0.327. The van der Waals surface area contributed by atoms with E-state index in [-0.39, 0.29) is 18.5 Å². The quantitative estimate of drug-likeness (QED) is 0.359. The monoisotopic (exact) mass is 203 g/mol. The molecule has 0 bridgehead atoms. The SMILES string of the molecule is CNC(=O)C(CN)N(CCN)CCN. The Balaban J connectivity index is 4.31. The first-order valence-corrected chi connectivity index (χ1v) is 4.77. The Morgan fingerprint density at radius 1 is 1.29 bits per heavy atom. The summed E-state index contributed by atoms with van der Waals surface area (Å²) in [5.41, 5.74) is 16.4. The highest BCUT2D eigenvalue weighted by Crippen LogP contribution is 1.96. The molecule has 1 unspecified atom stereocenters. The summed E-state index contributed by atoms with van der Waals surface area (Å²) in [7, 11) is 1.59. The molecule has 0 aromatic heterocycles. The lowest BCUT2D eigenvalue weighted by molar-refractivity contribution is -0.125. The van der Waals surface area contributed by atoms with Gasteiger partial charge in [-0.05, 0) is 0 Å². The van der Waals surface area contributed by atoms with E-state index in [0.29, 0.717) is 26.2 Å². The Hall–Kier alpha value is -0.690. The molecule has 14 heavy (non-hydrogen) atoms. The van der Waals surface area contributed by atoms with Crippen molar-refractivity contribution in [1.82, 2.24) is 10.2 Å². The maximum absolute atomic E-state index is 11.4. The minimum Gasteiger partial charge on any atom is -0.358 e. The smallest absolute Gasteiger partial charge is 0.238 e. The van der Waals surface area contributed by atoms with E-state index in [1.165, 1.54) is 0 Å². The topological polar surface area (TPSA) is 110 Å². The lowest BCUT2D eigenvalue weighted by Crippen LogP contribution is -2.52. The van der Waals surface area contributed by atoms with Crippen molar-refractivity contribution >= 4 is 5.91 Å². The van der Waals surface area contributed by atoms with Gasteiger partial charge in [-0.2, -0.15) is 0 Å². The number of hydrogen-bond donors (Lipinski definition) is 4. The summed E-state index contributed by atoms with van der Waals surface area (Å²) in [6.45, 7) is 2.53. The molecule has 0 spiro atoms. The van der Waals surface area contributed by atoms with E-state index in [9.17, 15) is 4.79 Å². The molecular weight excluding hydrogens is 182 g/mol. The number of amides is 1. The zero-order chi connectivity index (χ0) is 11.0. The van der Waals surface area contributed by atoms with Gasteiger partial charge < -0.3 is 22.5 Å². The molecule has 0 saturated carbocycles. The number of nitrogens with zero attached hydrogens (tertiary/aromatic N) is 1. The summed E-state index contributed by atoms with van der Waals surface area (Å²) < 4.78 is 0. The molecule has 0 rings (SSSR count). The normalized spacial score (nSPS) is 12.9. The van der Waals surface area contributed by atoms with Crippen molar-refractivity contribution in [2.75, 3.05) is 39.8 Å². The van der Waals surface area contributed by atoms with Crippen molar-refractivity contribution in [1.29, 1.82) is 0 Å². The highest BCUT2D eigenvalue weighted by Gasteiger charge is 2.22. The first-order chi connectivity index (χ1) is 6.71. The molecule has 6 heteroatoms. The third-order valence-electron chi connectivity index (χ3n) is 2.05. The van der Waals surface area contributed by atoms with Crippen LogP contribution in [0.2, 0.25) is 0 Å². The number of nitrogens with one attached hydrogen (secondary N) is 1. The van der Waals surface area contributed by atoms with Crippen LogP contribution in [0.25, 0.3) is 0 Å². The van der Waals surface area contributed by atoms with E-state index >= 15 is 0 Å². The summed E-state index contributed by atoms with van der Waals surface area (Å²) in [5, 5.41) is 2.57. The fourth-order valence-electron chi connectivity index (χ4n) is 1.34. The molecule has 6 nitrogen and oxygen atoms in total. The Bertz CT molecular complexity index is 158.